The first kappa shape index (κ1) is 21.6. The summed E-state index contributed by atoms with van der Waals surface area (Å²) in [5.41, 5.74) is 0. The molecule has 0 radical (unpaired) electrons. The summed E-state index contributed by atoms with van der Waals surface area (Å²) in [7, 11) is -3.16. The van der Waals surface area contributed by atoms with Crippen molar-refractivity contribution in [2.45, 2.75) is 45.4 Å². The van der Waals surface area contributed by atoms with Gasteiger partial charge in [-0.1, -0.05) is 19.4 Å². The van der Waals surface area contributed by atoms with Crippen molar-refractivity contribution in [3.8, 4) is 0 Å². The van der Waals surface area contributed by atoms with Crippen LogP contribution in [-0.2, 0) is 14.8 Å². The standard InChI is InChI=1S/C19H32N4O3S/c1-2-3-16-27(25,26)23-14-9-17(10-15-23)19(24)22-13-7-6-12-21-18-8-4-5-11-20-18/h4-5,8,11,17H,2-3,6-7,9-10,12-16H2,1H3,(H,20,21)(H,22,24). The van der Waals surface area contributed by atoms with Gasteiger partial charge < -0.3 is 10.6 Å². The van der Waals surface area contributed by atoms with Crippen LogP contribution in [0.15, 0.2) is 24.4 Å². The van der Waals surface area contributed by atoms with Crippen LogP contribution in [0, 0.1) is 5.92 Å². The lowest BCUT2D eigenvalue weighted by Crippen LogP contribution is -2.43. The number of hydrogen-bond acceptors (Lipinski definition) is 5. The molecule has 1 aromatic heterocycles. The normalized spacial score (nSPS) is 16.2. The number of nitrogens with zero attached hydrogens (tertiary/aromatic N) is 2. The van der Waals surface area contributed by atoms with Crippen LogP contribution < -0.4 is 10.6 Å². The first-order valence-corrected chi connectivity index (χ1v) is 11.5. The SMILES string of the molecule is CCCCS(=O)(=O)N1CCC(C(=O)NCCCCNc2ccccn2)CC1. The topological polar surface area (TPSA) is 91.4 Å². The van der Waals surface area contributed by atoms with E-state index in [-0.39, 0.29) is 17.6 Å². The predicted molar refractivity (Wildman–Crippen MR) is 108 cm³/mol. The molecule has 1 aliphatic heterocycles. The molecule has 2 N–H and O–H groups in total. The monoisotopic (exact) mass is 396 g/mol. The summed E-state index contributed by atoms with van der Waals surface area (Å²) in [5, 5.41) is 6.23. The number of anilines is 1. The maximum absolute atomic E-state index is 12.3. The van der Waals surface area contributed by atoms with Crippen LogP contribution in [0.25, 0.3) is 0 Å². The van der Waals surface area contributed by atoms with Gasteiger partial charge in [-0.05, 0) is 44.2 Å². The molecule has 1 amide bonds. The first-order chi connectivity index (χ1) is 13.0. The van der Waals surface area contributed by atoms with E-state index in [2.05, 4.69) is 15.6 Å². The van der Waals surface area contributed by atoms with E-state index in [0.29, 0.717) is 38.9 Å². The molecule has 27 heavy (non-hydrogen) atoms. The van der Waals surface area contributed by atoms with Crippen LogP contribution in [-0.4, -0.2) is 55.5 Å². The summed E-state index contributed by atoms with van der Waals surface area (Å²) in [6, 6.07) is 5.75. The number of amides is 1. The van der Waals surface area contributed by atoms with Crippen LogP contribution in [0.1, 0.15) is 45.4 Å². The van der Waals surface area contributed by atoms with Crippen molar-refractivity contribution in [1.29, 1.82) is 0 Å². The van der Waals surface area contributed by atoms with Crippen molar-refractivity contribution in [2.24, 2.45) is 5.92 Å². The van der Waals surface area contributed by atoms with Gasteiger partial charge in [0, 0.05) is 38.3 Å². The number of piperidine rings is 1. The average Bonchev–Trinajstić information content (AvgIpc) is 2.70. The highest BCUT2D eigenvalue weighted by Gasteiger charge is 2.30. The molecule has 1 fully saturated rings. The Morgan fingerprint density at radius 3 is 2.59 bits per heavy atom. The quantitative estimate of drug-likeness (QED) is 0.560. The van der Waals surface area contributed by atoms with Crippen LogP contribution in [0.3, 0.4) is 0 Å². The Bertz CT molecular complexity index is 659. The van der Waals surface area contributed by atoms with E-state index in [1.807, 2.05) is 25.1 Å². The van der Waals surface area contributed by atoms with Gasteiger partial charge >= 0.3 is 0 Å². The lowest BCUT2D eigenvalue weighted by Gasteiger charge is -2.30. The van der Waals surface area contributed by atoms with Crippen molar-refractivity contribution in [2.75, 3.05) is 37.2 Å². The second-order valence-corrected chi connectivity index (χ2v) is 9.07. The molecular weight excluding hydrogens is 364 g/mol. The Hall–Kier alpha value is -1.67. The zero-order valence-corrected chi connectivity index (χ0v) is 17.0. The van der Waals surface area contributed by atoms with Gasteiger partial charge in [0.05, 0.1) is 5.75 Å². The Kier molecular flexibility index (Phi) is 9.00. The van der Waals surface area contributed by atoms with Gasteiger partial charge in [-0.25, -0.2) is 17.7 Å². The molecule has 0 atom stereocenters. The second kappa shape index (κ2) is 11.2. The summed E-state index contributed by atoms with van der Waals surface area (Å²) >= 11 is 0. The largest absolute Gasteiger partial charge is 0.370 e. The third-order valence-electron chi connectivity index (χ3n) is 4.85. The lowest BCUT2D eigenvalue weighted by molar-refractivity contribution is -0.126. The van der Waals surface area contributed by atoms with Crippen molar-refractivity contribution in [1.82, 2.24) is 14.6 Å². The zero-order chi connectivity index (χ0) is 19.5. The summed E-state index contributed by atoms with van der Waals surface area (Å²) < 4.78 is 26.0. The minimum absolute atomic E-state index is 0.0540. The first-order valence-electron chi connectivity index (χ1n) is 9.93. The molecule has 152 valence electrons. The Labute approximate surface area is 163 Å². The van der Waals surface area contributed by atoms with E-state index in [4.69, 9.17) is 0 Å². The van der Waals surface area contributed by atoms with E-state index in [0.717, 1.165) is 31.6 Å². The fourth-order valence-corrected chi connectivity index (χ4v) is 4.82. The highest BCUT2D eigenvalue weighted by atomic mass is 32.2. The van der Waals surface area contributed by atoms with Crippen LogP contribution >= 0.6 is 0 Å². The minimum atomic E-state index is -3.16. The molecule has 8 heteroatoms. The number of rotatable bonds is 11. The third kappa shape index (κ3) is 7.46. The van der Waals surface area contributed by atoms with E-state index >= 15 is 0 Å². The molecule has 1 aromatic rings. The number of aromatic nitrogens is 1. The molecule has 0 aliphatic carbocycles. The summed E-state index contributed by atoms with van der Waals surface area (Å²) in [5.74, 6) is 1.06. The average molecular weight is 397 g/mol. The summed E-state index contributed by atoms with van der Waals surface area (Å²) in [6.07, 6.45) is 6.38. The number of pyridine rings is 1. The van der Waals surface area contributed by atoms with Crippen molar-refractivity contribution >= 4 is 21.7 Å². The maximum Gasteiger partial charge on any atom is 0.223 e. The predicted octanol–water partition coefficient (Wildman–Crippen LogP) is 2.23. The van der Waals surface area contributed by atoms with Crippen molar-refractivity contribution in [3.05, 3.63) is 24.4 Å². The van der Waals surface area contributed by atoms with Crippen LogP contribution in [0.5, 0.6) is 0 Å². The minimum Gasteiger partial charge on any atom is -0.370 e. The van der Waals surface area contributed by atoms with E-state index in [9.17, 15) is 13.2 Å². The van der Waals surface area contributed by atoms with Gasteiger partial charge in [-0.3, -0.25) is 4.79 Å². The fraction of sp³-hybridized carbons (Fsp3) is 0.684. The zero-order valence-electron chi connectivity index (χ0n) is 16.2. The number of carbonyl (C=O) groups excluding carboxylic acids is 1. The van der Waals surface area contributed by atoms with Gasteiger partial charge in [0.2, 0.25) is 15.9 Å². The molecule has 1 saturated heterocycles. The van der Waals surface area contributed by atoms with Gasteiger partial charge in [-0.2, -0.15) is 0 Å². The molecule has 0 unspecified atom stereocenters. The van der Waals surface area contributed by atoms with E-state index in [1.165, 1.54) is 0 Å². The smallest absolute Gasteiger partial charge is 0.223 e. The molecular formula is C19H32N4O3S. The Morgan fingerprint density at radius 1 is 1.19 bits per heavy atom. The molecule has 0 spiro atoms. The van der Waals surface area contributed by atoms with Gasteiger partial charge in [-0.15, -0.1) is 0 Å². The van der Waals surface area contributed by atoms with Gasteiger partial charge in [0.1, 0.15) is 5.82 Å². The maximum atomic E-state index is 12.3. The van der Waals surface area contributed by atoms with Crippen LogP contribution in [0.2, 0.25) is 0 Å². The highest BCUT2D eigenvalue weighted by Crippen LogP contribution is 2.20. The molecule has 2 heterocycles. The second-order valence-electron chi connectivity index (χ2n) is 6.98. The number of sulfonamides is 1. The Balaban J connectivity index is 1.58. The van der Waals surface area contributed by atoms with Crippen LogP contribution in [0.4, 0.5) is 5.82 Å². The van der Waals surface area contributed by atoms with Crippen molar-refractivity contribution in [3.63, 3.8) is 0 Å². The molecule has 7 nitrogen and oxygen atoms in total. The molecule has 0 saturated carbocycles. The molecule has 0 aromatic carbocycles. The number of nitrogens with one attached hydrogen (secondary N) is 2. The Morgan fingerprint density at radius 2 is 1.93 bits per heavy atom. The third-order valence-corrected chi connectivity index (χ3v) is 6.80. The lowest BCUT2D eigenvalue weighted by atomic mass is 9.97. The number of hydrogen-bond donors (Lipinski definition) is 2. The van der Waals surface area contributed by atoms with Gasteiger partial charge in [0.15, 0.2) is 0 Å². The van der Waals surface area contributed by atoms with Crippen molar-refractivity contribution < 1.29 is 13.2 Å². The summed E-state index contributed by atoms with van der Waals surface area (Å²) in [4.78, 5) is 16.5. The van der Waals surface area contributed by atoms with Gasteiger partial charge in [0.25, 0.3) is 0 Å². The number of carbonyl (C=O) groups is 1. The molecule has 2 rings (SSSR count). The number of unbranched alkanes of at least 4 members (excludes halogenated alkanes) is 2. The van der Waals surface area contributed by atoms with E-state index < -0.39 is 10.0 Å². The molecule has 0 bridgehead atoms. The summed E-state index contributed by atoms with van der Waals surface area (Å²) in [6.45, 7) is 4.37. The molecule has 1 aliphatic rings. The highest BCUT2D eigenvalue weighted by molar-refractivity contribution is 7.89. The fourth-order valence-electron chi connectivity index (χ4n) is 3.14. The van der Waals surface area contributed by atoms with E-state index in [1.54, 1.807) is 10.5 Å².